The molecule has 4 aliphatic rings. The van der Waals surface area contributed by atoms with Gasteiger partial charge in [0.1, 0.15) is 6.54 Å². The third kappa shape index (κ3) is 3.92. The third-order valence-corrected chi connectivity index (χ3v) is 6.91. The van der Waals surface area contributed by atoms with Crippen LogP contribution in [-0.2, 0) is 11.3 Å². The van der Waals surface area contributed by atoms with E-state index in [0.717, 1.165) is 30.8 Å². The molecule has 2 N–H and O–H groups in total. The lowest BCUT2D eigenvalue weighted by atomic mass is 9.49. The minimum absolute atomic E-state index is 0.223. The van der Waals surface area contributed by atoms with Crippen LogP contribution >= 0.6 is 0 Å². The average Bonchev–Trinajstić information content (AvgIpc) is 2.54. The van der Waals surface area contributed by atoms with Gasteiger partial charge >= 0.3 is 0 Å². The van der Waals surface area contributed by atoms with E-state index in [-0.39, 0.29) is 5.91 Å². The van der Waals surface area contributed by atoms with Crippen molar-refractivity contribution < 1.29 is 9.69 Å². The number of nitrogens with one attached hydrogen (secondary N) is 2. The van der Waals surface area contributed by atoms with Crippen LogP contribution in [0.4, 0.5) is 0 Å². The average molecular weight is 342 g/mol. The van der Waals surface area contributed by atoms with Crippen molar-refractivity contribution >= 4 is 5.91 Å². The van der Waals surface area contributed by atoms with Crippen molar-refractivity contribution in [2.45, 2.75) is 52.0 Å². The van der Waals surface area contributed by atoms with Gasteiger partial charge in [-0.1, -0.05) is 29.8 Å². The van der Waals surface area contributed by atoms with Gasteiger partial charge in [-0.3, -0.25) is 4.79 Å². The SMILES string of the molecule is Cc1ccc(C[NH+](C)CC(=O)NCC23CC4CC(CC(C4)C2)C3)cc1. The van der Waals surface area contributed by atoms with E-state index in [2.05, 4.69) is 43.6 Å². The van der Waals surface area contributed by atoms with Crippen molar-refractivity contribution in [2.24, 2.45) is 23.2 Å². The lowest BCUT2D eigenvalue weighted by Crippen LogP contribution is -3.08. The van der Waals surface area contributed by atoms with Crippen molar-refractivity contribution in [3.63, 3.8) is 0 Å². The molecular weight excluding hydrogens is 308 g/mol. The van der Waals surface area contributed by atoms with E-state index in [9.17, 15) is 4.79 Å². The Balaban J connectivity index is 1.26. The summed E-state index contributed by atoms with van der Waals surface area (Å²) in [7, 11) is 2.12. The molecule has 1 aromatic carbocycles. The molecule has 0 aromatic heterocycles. The monoisotopic (exact) mass is 341 g/mol. The predicted molar refractivity (Wildman–Crippen MR) is 100 cm³/mol. The van der Waals surface area contributed by atoms with Crippen LogP contribution in [0.2, 0.25) is 0 Å². The maximum Gasteiger partial charge on any atom is 0.275 e. The Morgan fingerprint density at radius 2 is 1.64 bits per heavy atom. The molecule has 136 valence electrons. The first-order valence-electron chi connectivity index (χ1n) is 10.1. The highest BCUT2D eigenvalue weighted by Crippen LogP contribution is 2.59. The molecule has 0 radical (unpaired) electrons. The number of hydrogen-bond acceptors (Lipinski definition) is 1. The standard InChI is InChI=1S/C22H32N2O/c1-16-3-5-17(6-4-16)13-24(2)14-21(25)23-15-22-10-18-7-19(11-22)9-20(8-18)12-22/h3-6,18-20H,7-15H2,1-2H3,(H,23,25)/p+1. The number of quaternary nitrogens is 1. The highest BCUT2D eigenvalue weighted by atomic mass is 16.2. The van der Waals surface area contributed by atoms with Gasteiger partial charge < -0.3 is 10.2 Å². The molecule has 4 bridgehead atoms. The largest absolute Gasteiger partial charge is 0.351 e. The van der Waals surface area contributed by atoms with Crippen LogP contribution < -0.4 is 10.2 Å². The van der Waals surface area contributed by atoms with Crippen LogP contribution in [0.1, 0.15) is 49.7 Å². The van der Waals surface area contributed by atoms with Crippen LogP contribution in [-0.4, -0.2) is 26.0 Å². The minimum Gasteiger partial charge on any atom is -0.351 e. The Kier molecular flexibility index (Phi) is 4.61. The molecule has 4 fully saturated rings. The van der Waals surface area contributed by atoms with Gasteiger partial charge in [-0.15, -0.1) is 0 Å². The van der Waals surface area contributed by atoms with Crippen LogP contribution in [0.3, 0.4) is 0 Å². The summed E-state index contributed by atoms with van der Waals surface area (Å²) in [4.78, 5) is 13.7. The molecule has 0 saturated heterocycles. The number of aryl methyl sites for hydroxylation is 1. The lowest BCUT2D eigenvalue weighted by Gasteiger charge is -2.56. The molecule has 4 saturated carbocycles. The second kappa shape index (κ2) is 6.75. The summed E-state index contributed by atoms with van der Waals surface area (Å²) in [6, 6.07) is 8.64. The van der Waals surface area contributed by atoms with Crippen molar-refractivity contribution in [3.05, 3.63) is 35.4 Å². The van der Waals surface area contributed by atoms with Gasteiger partial charge in [-0.05, 0) is 68.6 Å². The molecule has 0 spiro atoms. The van der Waals surface area contributed by atoms with E-state index >= 15 is 0 Å². The molecule has 4 aliphatic carbocycles. The quantitative estimate of drug-likeness (QED) is 0.818. The molecule has 1 aromatic rings. The van der Waals surface area contributed by atoms with Crippen LogP contribution in [0.15, 0.2) is 24.3 Å². The third-order valence-electron chi connectivity index (χ3n) is 6.91. The van der Waals surface area contributed by atoms with Gasteiger partial charge in [0.25, 0.3) is 5.91 Å². The zero-order valence-electron chi connectivity index (χ0n) is 15.8. The normalized spacial score (nSPS) is 34.1. The van der Waals surface area contributed by atoms with E-state index in [1.54, 1.807) is 0 Å². The fourth-order valence-corrected chi connectivity index (χ4v) is 6.25. The van der Waals surface area contributed by atoms with E-state index in [4.69, 9.17) is 0 Å². The zero-order chi connectivity index (χ0) is 17.4. The number of benzene rings is 1. The Hall–Kier alpha value is -1.35. The highest BCUT2D eigenvalue weighted by molar-refractivity contribution is 5.76. The number of hydrogen-bond donors (Lipinski definition) is 2. The summed E-state index contributed by atoms with van der Waals surface area (Å²) < 4.78 is 0. The summed E-state index contributed by atoms with van der Waals surface area (Å²) in [5.41, 5.74) is 3.03. The number of amides is 1. The Labute approximate surface area is 152 Å². The van der Waals surface area contributed by atoms with Crippen molar-refractivity contribution in [3.8, 4) is 0 Å². The summed E-state index contributed by atoms with van der Waals surface area (Å²) >= 11 is 0. The van der Waals surface area contributed by atoms with E-state index in [1.165, 1.54) is 54.6 Å². The van der Waals surface area contributed by atoms with Crippen molar-refractivity contribution in [1.29, 1.82) is 0 Å². The molecule has 25 heavy (non-hydrogen) atoms. The molecule has 0 aliphatic heterocycles. The van der Waals surface area contributed by atoms with E-state index in [0.29, 0.717) is 12.0 Å². The topological polar surface area (TPSA) is 33.5 Å². The second-order valence-corrected chi connectivity index (χ2v) is 9.49. The highest BCUT2D eigenvalue weighted by Gasteiger charge is 2.50. The zero-order valence-corrected chi connectivity index (χ0v) is 15.8. The summed E-state index contributed by atoms with van der Waals surface area (Å²) in [6.07, 6.45) is 8.51. The van der Waals surface area contributed by atoms with Crippen LogP contribution in [0, 0.1) is 30.1 Å². The van der Waals surface area contributed by atoms with Crippen molar-refractivity contribution in [1.82, 2.24) is 5.32 Å². The molecule has 3 nitrogen and oxygen atoms in total. The first-order chi connectivity index (χ1) is 12.0. The second-order valence-electron chi connectivity index (χ2n) is 9.49. The summed E-state index contributed by atoms with van der Waals surface area (Å²) in [5.74, 6) is 3.09. The van der Waals surface area contributed by atoms with Crippen molar-refractivity contribution in [2.75, 3.05) is 20.1 Å². The molecule has 5 rings (SSSR count). The maximum absolute atomic E-state index is 12.5. The first-order valence-corrected chi connectivity index (χ1v) is 10.1. The number of likely N-dealkylation sites (N-methyl/N-ethyl adjacent to an activating group) is 1. The Morgan fingerprint density at radius 1 is 1.08 bits per heavy atom. The smallest absolute Gasteiger partial charge is 0.275 e. The minimum atomic E-state index is 0.223. The van der Waals surface area contributed by atoms with Gasteiger partial charge in [-0.25, -0.2) is 0 Å². The van der Waals surface area contributed by atoms with Crippen LogP contribution in [0.5, 0.6) is 0 Å². The molecule has 1 unspecified atom stereocenters. The first kappa shape index (κ1) is 17.1. The Morgan fingerprint density at radius 3 is 2.20 bits per heavy atom. The van der Waals surface area contributed by atoms with Gasteiger partial charge in [0.05, 0.1) is 7.05 Å². The van der Waals surface area contributed by atoms with E-state index in [1.807, 2.05) is 0 Å². The molecule has 1 amide bonds. The predicted octanol–water partition coefficient (Wildman–Crippen LogP) is 2.34. The molecule has 1 atom stereocenters. The number of rotatable bonds is 6. The summed E-state index contributed by atoms with van der Waals surface area (Å²) in [5, 5.41) is 3.31. The lowest BCUT2D eigenvalue weighted by molar-refractivity contribution is -0.885. The molecule has 3 heteroatoms. The maximum atomic E-state index is 12.5. The molecule has 0 heterocycles. The van der Waals surface area contributed by atoms with Gasteiger partial charge in [0, 0.05) is 12.1 Å². The number of carbonyl (C=O) groups is 1. The van der Waals surface area contributed by atoms with Crippen LogP contribution in [0.25, 0.3) is 0 Å². The fourth-order valence-electron chi connectivity index (χ4n) is 6.25. The molecular formula is C22H33N2O+. The number of carbonyl (C=O) groups excluding carboxylic acids is 1. The van der Waals surface area contributed by atoms with Gasteiger partial charge in [-0.2, -0.15) is 0 Å². The van der Waals surface area contributed by atoms with Gasteiger partial charge in [0.2, 0.25) is 0 Å². The summed E-state index contributed by atoms with van der Waals surface area (Å²) in [6.45, 7) is 4.51. The Bertz CT molecular complexity index is 586. The van der Waals surface area contributed by atoms with E-state index < -0.39 is 0 Å². The fraction of sp³-hybridized carbons (Fsp3) is 0.682. The van der Waals surface area contributed by atoms with Gasteiger partial charge in [0.15, 0.2) is 6.54 Å².